The average molecular weight is 446 g/mol. The third kappa shape index (κ3) is 5.29. The lowest BCUT2D eigenvalue weighted by atomic mass is 9.95. The molecule has 0 unspecified atom stereocenters. The van der Waals surface area contributed by atoms with Crippen LogP contribution in [0.3, 0.4) is 0 Å². The Morgan fingerprint density at radius 3 is 2.50 bits per heavy atom. The van der Waals surface area contributed by atoms with Crippen LogP contribution < -0.4 is 16.1 Å². The number of rotatable bonds is 9. The summed E-state index contributed by atoms with van der Waals surface area (Å²) in [5.74, 6) is -2.21. The van der Waals surface area contributed by atoms with Crippen LogP contribution in [0.15, 0.2) is 23.1 Å². The maximum Gasteiger partial charge on any atom is 0.305 e. The monoisotopic (exact) mass is 445 g/mol. The summed E-state index contributed by atoms with van der Waals surface area (Å²) < 4.78 is 16.9. The van der Waals surface area contributed by atoms with E-state index >= 15 is 0 Å². The van der Waals surface area contributed by atoms with E-state index in [4.69, 9.17) is 5.11 Å². The molecule has 1 heterocycles. The molecule has 0 bridgehead atoms. The number of hydrogen-bond donors (Lipinski definition) is 3. The van der Waals surface area contributed by atoms with Gasteiger partial charge >= 0.3 is 5.97 Å². The Bertz CT molecular complexity index is 1040. The van der Waals surface area contributed by atoms with Gasteiger partial charge in [0.05, 0.1) is 17.6 Å². The molecular formula is C24H32FN3O4. The van der Waals surface area contributed by atoms with Crippen molar-refractivity contribution in [1.29, 1.82) is 0 Å². The largest absolute Gasteiger partial charge is 0.481 e. The molecule has 3 N–H and O–H groups in total. The predicted molar refractivity (Wildman–Crippen MR) is 123 cm³/mol. The fourth-order valence-electron chi connectivity index (χ4n) is 4.47. The minimum absolute atomic E-state index is 0.0247. The predicted octanol–water partition coefficient (Wildman–Crippen LogP) is 4.45. The number of carbonyl (C=O) groups excluding carboxylic acids is 1. The molecule has 1 fully saturated rings. The van der Waals surface area contributed by atoms with Crippen LogP contribution in [0.5, 0.6) is 0 Å². The van der Waals surface area contributed by atoms with Gasteiger partial charge in [-0.1, -0.05) is 33.1 Å². The van der Waals surface area contributed by atoms with Crippen LogP contribution in [-0.2, 0) is 4.79 Å². The number of carboxylic acids is 1. The first-order valence-electron chi connectivity index (χ1n) is 11.5. The van der Waals surface area contributed by atoms with Crippen LogP contribution >= 0.6 is 0 Å². The van der Waals surface area contributed by atoms with Crippen molar-refractivity contribution in [1.82, 2.24) is 9.88 Å². The first kappa shape index (κ1) is 23.8. The van der Waals surface area contributed by atoms with Crippen molar-refractivity contribution in [2.45, 2.75) is 77.3 Å². The van der Waals surface area contributed by atoms with Gasteiger partial charge in [0.15, 0.2) is 0 Å². The van der Waals surface area contributed by atoms with Gasteiger partial charge in [-0.2, -0.15) is 0 Å². The topological polar surface area (TPSA) is 100 Å². The summed E-state index contributed by atoms with van der Waals surface area (Å²) in [6.07, 6.45) is 8.25. The zero-order chi connectivity index (χ0) is 23.3. The van der Waals surface area contributed by atoms with Crippen molar-refractivity contribution in [3.63, 3.8) is 0 Å². The number of nitrogens with one attached hydrogen (secondary N) is 2. The summed E-state index contributed by atoms with van der Waals surface area (Å²) in [6, 6.07) is 3.14. The van der Waals surface area contributed by atoms with Gasteiger partial charge in [0.2, 0.25) is 5.43 Å². The number of carboxylic acid groups (broad SMARTS) is 1. The highest BCUT2D eigenvalue weighted by Gasteiger charge is 2.21. The summed E-state index contributed by atoms with van der Waals surface area (Å²) >= 11 is 0. The van der Waals surface area contributed by atoms with Gasteiger partial charge in [-0.05, 0) is 37.8 Å². The SMILES string of the molecule is CCC(CC)n1cc(C(=O)NCCC(=O)O)c(=O)c2cc(F)c(NC3CCCCC3)cc21. The Morgan fingerprint density at radius 2 is 1.88 bits per heavy atom. The van der Waals surface area contributed by atoms with Crippen LogP contribution in [-0.4, -0.2) is 34.1 Å². The summed E-state index contributed by atoms with van der Waals surface area (Å²) in [5.41, 5.74) is 0.299. The van der Waals surface area contributed by atoms with E-state index in [0.29, 0.717) is 11.2 Å². The van der Waals surface area contributed by atoms with E-state index < -0.39 is 23.1 Å². The molecular weight excluding hydrogens is 413 g/mol. The highest BCUT2D eigenvalue weighted by atomic mass is 19.1. The summed E-state index contributed by atoms with van der Waals surface area (Å²) in [4.78, 5) is 36.5. The van der Waals surface area contributed by atoms with Crippen molar-refractivity contribution in [2.75, 3.05) is 11.9 Å². The summed E-state index contributed by atoms with van der Waals surface area (Å²) in [5, 5.41) is 14.7. The number of fused-ring (bicyclic) bond motifs is 1. The highest BCUT2D eigenvalue weighted by Crippen LogP contribution is 2.29. The van der Waals surface area contributed by atoms with Crippen molar-refractivity contribution in [3.05, 3.63) is 39.9 Å². The minimum atomic E-state index is -1.04. The molecule has 0 aliphatic heterocycles. The molecule has 0 radical (unpaired) electrons. The molecule has 1 aromatic carbocycles. The van der Waals surface area contributed by atoms with Gasteiger partial charge < -0.3 is 20.3 Å². The summed E-state index contributed by atoms with van der Waals surface area (Å²) in [7, 11) is 0. The van der Waals surface area contributed by atoms with Crippen LogP contribution in [0, 0.1) is 5.82 Å². The van der Waals surface area contributed by atoms with Crippen LogP contribution in [0.2, 0.25) is 0 Å². The minimum Gasteiger partial charge on any atom is -0.481 e. The molecule has 2 aromatic rings. The van der Waals surface area contributed by atoms with Crippen LogP contribution in [0.1, 0.15) is 81.6 Å². The van der Waals surface area contributed by atoms with E-state index in [9.17, 15) is 18.8 Å². The number of pyridine rings is 1. The molecule has 174 valence electrons. The third-order valence-electron chi connectivity index (χ3n) is 6.29. The van der Waals surface area contributed by atoms with Crippen molar-refractivity contribution < 1.29 is 19.1 Å². The van der Waals surface area contributed by atoms with Crippen molar-refractivity contribution in [2.24, 2.45) is 0 Å². The first-order chi connectivity index (χ1) is 15.3. The van der Waals surface area contributed by atoms with Gasteiger partial charge in [0, 0.05) is 30.2 Å². The molecule has 1 saturated carbocycles. The Labute approximate surface area is 187 Å². The van der Waals surface area contributed by atoms with E-state index in [1.165, 1.54) is 18.7 Å². The number of amides is 1. The van der Waals surface area contributed by atoms with Gasteiger partial charge in [0.25, 0.3) is 5.91 Å². The number of aliphatic carboxylic acids is 1. The Kier molecular flexibility index (Phi) is 7.88. The standard InChI is InChI=1S/C24H32FN3O4/c1-3-16(4-2)28-14-18(24(32)26-11-10-22(29)30)23(31)17-12-19(25)20(13-21(17)28)27-15-8-6-5-7-9-15/h12-16,27H,3-11H2,1-2H3,(H,26,32)(H,29,30). The number of aromatic nitrogens is 1. The van der Waals surface area contributed by atoms with E-state index in [-0.39, 0.29) is 36.0 Å². The Hall–Kier alpha value is -2.90. The quantitative estimate of drug-likeness (QED) is 0.529. The van der Waals surface area contributed by atoms with Crippen molar-refractivity contribution in [3.8, 4) is 0 Å². The van der Waals surface area contributed by atoms with E-state index in [1.54, 1.807) is 6.07 Å². The number of benzene rings is 1. The maximum atomic E-state index is 15.0. The van der Waals surface area contributed by atoms with Gasteiger partial charge in [-0.15, -0.1) is 0 Å². The Balaban J connectivity index is 2.06. The van der Waals surface area contributed by atoms with E-state index in [0.717, 1.165) is 38.5 Å². The van der Waals surface area contributed by atoms with Crippen LogP contribution in [0.4, 0.5) is 10.1 Å². The van der Waals surface area contributed by atoms with Gasteiger partial charge in [-0.3, -0.25) is 14.4 Å². The third-order valence-corrected chi connectivity index (χ3v) is 6.29. The number of nitrogens with zero attached hydrogens (tertiary/aromatic N) is 1. The summed E-state index contributed by atoms with van der Waals surface area (Å²) in [6.45, 7) is 3.96. The first-order valence-corrected chi connectivity index (χ1v) is 11.5. The lowest BCUT2D eigenvalue weighted by molar-refractivity contribution is -0.136. The molecule has 1 aromatic heterocycles. The smallest absolute Gasteiger partial charge is 0.305 e. The lowest BCUT2D eigenvalue weighted by Crippen LogP contribution is -2.32. The van der Waals surface area contributed by atoms with E-state index in [1.807, 2.05) is 18.4 Å². The molecule has 0 atom stereocenters. The van der Waals surface area contributed by atoms with Crippen LogP contribution in [0.25, 0.3) is 10.9 Å². The van der Waals surface area contributed by atoms with E-state index in [2.05, 4.69) is 10.6 Å². The fourth-order valence-corrected chi connectivity index (χ4v) is 4.47. The molecule has 0 spiro atoms. The highest BCUT2D eigenvalue weighted by molar-refractivity contribution is 5.98. The van der Waals surface area contributed by atoms with Gasteiger partial charge in [-0.25, -0.2) is 4.39 Å². The zero-order valence-corrected chi connectivity index (χ0v) is 18.7. The van der Waals surface area contributed by atoms with Crippen molar-refractivity contribution >= 4 is 28.5 Å². The molecule has 0 saturated heterocycles. The number of carbonyl (C=O) groups is 2. The molecule has 1 aliphatic carbocycles. The molecule has 1 amide bonds. The molecule has 32 heavy (non-hydrogen) atoms. The zero-order valence-electron chi connectivity index (χ0n) is 18.7. The molecule has 3 rings (SSSR count). The normalized spacial score (nSPS) is 14.6. The molecule has 7 nitrogen and oxygen atoms in total. The second-order valence-corrected chi connectivity index (χ2v) is 8.48. The number of anilines is 1. The molecule has 1 aliphatic rings. The second kappa shape index (κ2) is 10.6. The average Bonchev–Trinajstić information content (AvgIpc) is 2.77. The Morgan fingerprint density at radius 1 is 1.19 bits per heavy atom. The maximum absolute atomic E-state index is 15.0. The number of halogens is 1. The fraction of sp³-hybridized carbons (Fsp3) is 0.542. The second-order valence-electron chi connectivity index (χ2n) is 8.48. The van der Waals surface area contributed by atoms with Gasteiger partial charge in [0.1, 0.15) is 11.4 Å². The number of hydrogen-bond acceptors (Lipinski definition) is 4. The lowest BCUT2D eigenvalue weighted by Gasteiger charge is -2.25. The molecule has 8 heteroatoms.